The lowest BCUT2D eigenvalue weighted by Crippen LogP contribution is -2.45. The smallest absolute Gasteiger partial charge is 0.0926 e. The molecule has 1 aliphatic rings. The molecule has 0 amide bonds. The molecule has 1 aliphatic heterocycles. The zero-order valence-electron chi connectivity index (χ0n) is 17.7. The molecule has 3 rings (SSSR count). The zero-order chi connectivity index (χ0) is 19.8. The van der Waals surface area contributed by atoms with Crippen LogP contribution in [-0.4, -0.2) is 23.1 Å². The van der Waals surface area contributed by atoms with E-state index in [0.717, 1.165) is 31.5 Å². The van der Waals surface area contributed by atoms with Gasteiger partial charge in [0.25, 0.3) is 0 Å². The standard InChI is InChI=1S/C26H37NO/c1-3-4-5-6-7-11-19-27-20-18-26(28,24-12-9-8-10-13-24)21-25(27)23-16-14-22(2)15-17-23/h8-10,12-17,25,28H,3-7,11,18-21H2,1-2H3. The average molecular weight is 380 g/mol. The largest absolute Gasteiger partial charge is 0.385 e. The fourth-order valence-electron chi connectivity index (χ4n) is 4.53. The van der Waals surface area contributed by atoms with Crippen molar-refractivity contribution in [2.75, 3.05) is 13.1 Å². The van der Waals surface area contributed by atoms with Gasteiger partial charge in [0.05, 0.1) is 5.60 Å². The average Bonchev–Trinajstić information content (AvgIpc) is 2.73. The maximum atomic E-state index is 11.5. The molecule has 2 unspecified atom stereocenters. The van der Waals surface area contributed by atoms with E-state index in [4.69, 9.17) is 0 Å². The second-order valence-electron chi connectivity index (χ2n) is 8.58. The number of likely N-dealkylation sites (tertiary alicyclic amines) is 1. The van der Waals surface area contributed by atoms with Crippen molar-refractivity contribution in [3.05, 3.63) is 71.3 Å². The molecule has 2 heteroatoms. The second-order valence-corrected chi connectivity index (χ2v) is 8.58. The fraction of sp³-hybridized carbons (Fsp3) is 0.538. The first-order valence-corrected chi connectivity index (χ1v) is 11.2. The van der Waals surface area contributed by atoms with Crippen molar-refractivity contribution in [3.63, 3.8) is 0 Å². The van der Waals surface area contributed by atoms with Crippen LogP contribution in [0.15, 0.2) is 54.6 Å². The number of unbranched alkanes of at least 4 members (excludes halogenated alkanes) is 5. The van der Waals surface area contributed by atoms with Crippen LogP contribution in [0.25, 0.3) is 0 Å². The van der Waals surface area contributed by atoms with Gasteiger partial charge in [-0.2, -0.15) is 0 Å². The molecule has 1 fully saturated rings. The third kappa shape index (κ3) is 5.46. The molecule has 1 heterocycles. The van der Waals surface area contributed by atoms with Gasteiger partial charge >= 0.3 is 0 Å². The summed E-state index contributed by atoms with van der Waals surface area (Å²) in [5, 5.41) is 11.5. The molecule has 0 spiro atoms. The van der Waals surface area contributed by atoms with Crippen molar-refractivity contribution in [1.29, 1.82) is 0 Å². The Balaban J connectivity index is 1.70. The van der Waals surface area contributed by atoms with Gasteiger partial charge in [-0.25, -0.2) is 0 Å². The lowest BCUT2D eigenvalue weighted by atomic mass is 9.78. The van der Waals surface area contributed by atoms with Crippen molar-refractivity contribution in [2.24, 2.45) is 0 Å². The quantitative estimate of drug-likeness (QED) is 0.511. The van der Waals surface area contributed by atoms with E-state index >= 15 is 0 Å². The lowest BCUT2D eigenvalue weighted by Gasteiger charge is -2.44. The molecule has 2 aromatic rings. The van der Waals surface area contributed by atoms with Crippen LogP contribution in [0.5, 0.6) is 0 Å². The molecule has 0 aliphatic carbocycles. The van der Waals surface area contributed by atoms with E-state index in [1.165, 1.54) is 49.7 Å². The molecule has 28 heavy (non-hydrogen) atoms. The molecule has 1 N–H and O–H groups in total. The van der Waals surface area contributed by atoms with Crippen LogP contribution in [0.3, 0.4) is 0 Å². The molecule has 2 atom stereocenters. The zero-order valence-corrected chi connectivity index (χ0v) is 17.7. The van der Waals surface area contributed by atoms with E-state index in [1.807, 2.05) is 18.2 Å². The predicted octanol–water partition coefficient (Wildman–Crippen LogP) is 6.38. The van der Waals surface area contributed by atoms with E-state index in [-0.39, 0.29) is 6.04 Å². The summed E-state index contributed by atoms with van der Waals surface area (Å²) in [7, 11) is 0. The summed E-state index contributed by atoms with van der Waals surface area (Å²) in [6.45, 7) is 6.50. The Morgan fingerprint density at radius 2 is 1.61 bits per heavy atom. The highest BCUT2D eigenvalue weighted by Gasteiger charge is 2.39. The molecular weight excluding hydrogens is 342 g/mol. The molecule has 2 aromatic carbocycles. The monoisotopic (exact) mass is 379 g/mol. The Hall–Kier alpha value is -1.64. The summed E-state index contributed by atoms with van der Waals surface area (Å²) in [4.78, 5) is 2.61. The first-order valence-electron chi connectivity index (χ1n) is 11.2. The lowest BCUT2D eigenvalue weighted by molar-refractivity contribution is -0.0534. The number of aliphatic hydroxyl groups is 1. The SMILES string of the molecule is CCCCCCCCN1CCC(O)(c2ccccc2)CC1c1ccc(C)cc1. The van der Waals surface area contributed by atoms with Crippen LogP contribution in [0.1, 0.15) is 81.0 Å². The number of hydrogen-bond acceptors (Lipinski definition) is 2. The first kappa shape index (κ1) is 21.1. The Morgan fingerprint density at radius 1 is 0.929 bits per heavy atom. The van der Waals surface area contributed by atoms with Crippen molar-refractivity contribution in [3.8, 4) is 0 Å². The Kier molecular flexibility index (Phi) is 7.70. The molecule has 1 saturated heterocycles. The maximum Gasteiger partial charge on any atom is 0.0926 e. The molecule has 152 valence electrons. The fourth-order valence-corrected chi connectivity index (χ4v) is 4.53. The van der Waals surface area contributed by atoms with Gasteiger partial charge < -0.3 is 5.11 Å². The number of nitrogens with zero attached hydrogens (tertiary/aromatic N) is 1. The number of benzene rings is 2. The van der Waals surface area contributed by atoms with E-state index in [0.29, 0.717) is 0 Å². The van der Waals surface area contributed by atoms with E-state index in [1.54, 1.807) is 0 Å². The highest BCUT2D eigenvalue weighted by atomic mass is 16.3. The van der Waals surface area contributed by atoms with Crippen molar-refractivity contribution in [2.45, 2.75) is 76.9 Å². The van der Waals surface area contributed by atoms with Gasteiger partial charge in [0.1, 0.15) is 0 Å². The minimum Gasteiger partial charge on any atom is -0.385 e. The van der Waals surface area contributed by atoms with Crippen LogP contribution in [0.2, 0.25) is 0 Å². The van der Waals surface area contributed by atoms with Crippen LogP contribution in [0, 0.1) is 6.92 Å². The van der Waals surface area contributed by atoms with Crippen molar-refractivity contribution in [1.82, 2.24) is 4.90 Å². The van der Waals surface area contributed by atoms with E-state index < -0.39 is 5.60 Å². The van der Waals surface area contributed by atoms with E-state index in [2.05, 4.69) is 55.1 Å². The summed E-state index contributed by atoms with van der Waals surface area (Å²) < 4.78 is 0. The van der Waals surface area contributed by atoms with Crippen molar-refractivity contribution >= 4 is 0 Å². The highest BCUT2D eigenvalue weighted by Crippen LogP contribution is 2.42. The van der Waals surface area contributed by atoms with Crippen LogP contribution >= 0.6 is 0 Å². The number of rotatable bonds is 9. The topological polar surface area (TPSA) is 23.5 Å². The van der Waals surface area contributed by atoms with Gasteiger partial charge in [0.2, 0.25) is 0 Å². The Bertz CT molecular complexity index is 696. The van der Waals surface area contributed by atoms with Gasteiger partial charge in [0, 0.05) is 19.0 Å². The summed E-state index contributed by atoms with van der Waals surface area (Å²) in [6, 6.07) is 19.5. The maximum absolute atomic E-state index is 11.5. The van der Waals surface area contributed by atoms with E-state index in [9.17, 15) is 5.11 Å². The predicted molar refractivity (Wildman–Crippen MR) is 118 cm³/mol. The third-order valence-electron chi connectivity index (χ3n) is 6.36. The number of piperidine rings is 1. The van der Waals surface area contributed by atoms with Gasteiger partial charge in [-0.3, -0.25) is 4.90 Å². The summed E-state index contributed by atoms with van der Waals surface area (Å²) >= 11 is 0. The number of aryl methyl sites for hydroxylation is 1. The van der Waals surface area contributed by atoms with Gasteiger partial charge in [-0.05, 0) is 37.4 Å². The van der Waals surface area contributed by atoms with Crippen LogP contribution in [-0.2, 0) is 5.60 Å². The first-order chi connectivity index (χ1) is 13.6. The van der Waals surface area contributed by atoms with Gasteiger partial charge in [-0.1, -0.05) is 99.2 Å². The van der Waals surface area contributed by atoms with Crippen molar-refractivity contribution < 1.29 is 5.11 Å². The normalized spacial score (nSPS) is 23.0. The highest BCUT2D eigenvalue weighted by molar-refractivity contribution is 5.28. The molecule has 0 saturated carbocycles. The van der Waals surface area contributed by atoms with Gasteiger partial charge in [-0.15, -0.1) is 0 Å². The molecular formula is C26H37NO. The molecule has 0 bridgehead atoms. The van der Waals surface area contributed by atoms with Crippen LogP contribution in [0.4, 0.5) is 0 Å². The summed E-state index contributed by atoms with van der Waals surface area (Å²) in [6.07, 6.45) is 9.55. The Morgan fingerprint density at radius 3 is 2.32 bits per heavy atom. The second kappa shape index (κ2) is 10.2. The van der Waals surface area contributed by atoms with Gasteiger partial charge in [0.15, 0.2) is 0 Å². The third-order valence-corrected chi connectivity index (χ3v) is 6.36. The summed E-state index contributed by atoms with van der Waals surface area (Å²) in [5.74, 6) is 0. The Labute approximate surface area is 171 Å². The molecule has 2 nitrogen and oxygen atoms in total. The van der Waals surface area contributed by atoms with Crippen LogP contribution < -0.4 is 0 Å². The minimum atomic E-state index is -0.728. The minimum absolute atomic E-state index is 0.287. The molecule has 0 aromatic heterocycles. The molecule has 0 radical (unpaired) electrons. The summed E-state index contributed by atoms with van der Waals surface area (Å²) in [5.41, 5.74) is 2.96. The number of hydrogen-bond donors (Lipinski definition) is 1.